The molecule has 0 bridgehead atoms. The van der Waals surface area contributed by atoms with Gasteiger partial charge in [-0.05, 0) is 49.6 Å². The van der Waals surface area contributed by atoms with Gasteiger partial charge in [0.1, 0.15) is 5.82 Å². The molecule has 0 saturated heterocycles. The Kier molecular flexibility index (Phi) is 3.81. The van der Waals surface area contributed by atoms with Crippen LogP contribution in [0.15, 0.2) is 42.5 Å². The summed E-state index contributed by atoms with van der Waals surface area (Å²) in [6.07, 6.45) is 4.31. The van der Waals surface area contributed by atoms with Crippen LogP contribution in [0.3, 0.4) is 0 Å². The highest BCUT2D eigenvalue weighted by atomic mass is 16.1. The Morgan fingerprint density at radius 2 is 1.96 bits per heavy atom. The van der Waals surface area contributed by atoms with E-state index >= 15 is 0 Å². The SMILES string of the molecule is Cc1ccc2nc(-c3ccccc3NC(=O)C3CCCC3)[nH]c2c1. The summed E-state index contributed by atoms with van der Waals surface area (Å²) in [4.78, 5) is 20.5. The zero-order valence-electron chi connectivity index (χ0n) is 13.8. The van der Waals surface area contributed by atoms with Gasteiger partial charge in [-0.3, -0.25) is 4.79 Å². The average Bonchev–Trinajstić information content (AvgIpc) is 3.24. The van der Waals surface area contributed by atoms with E-state index in [2.05, 4.69) is 34.3 Å². The fraction of sp³-hybridized carbons (Fsp3) is 0.300. The molecule has 0 atom stereocenters. The number of fused-ring (bicyclic) bond motifs is 1. The maximum absolute atomic E-state index is 12.5. The molecule has 1 fully saturated rings. The van der Waals surface area contributed by atoms with Crippen molar-refractivity contribution in [1.29, 1.82) is 0 Å². The number of benzene rings is 2. The van der Waals surface area contributed by atoms with Crippen LogP contribution in [0.1, 0.15) is 31.2 Å². The van der Waals surface area contributed by atoms with Crippen molar-refractivity contribution in [3.63, 3.8) is 0 Å². The summed E-state index contributed by atoms with van der Waals surface area (Å²) in [5, 5.41) is 3.11. The molecule has 0 spiro atoms. The normalized spacial score (nSPS) is 15.0. The molecule has 1 heterocycles. The molecule has 2 aromatic carbocycles. The molecule has 3 aromatic rings. The Morgan fingerprint density at radius 1 is 1.17 bits per heavy atom. The third-order valence-corrected chi connectivity index (χ3v) is 4.80. The van der Waals surface area contributed by atoms with Crippen molar-refractivity contribution in [2.75, 3.05) is 5.32 Å². The molecule has 1 saturated carbocycles. The number of imidazole rings is 1. The lowest BCUT2D eigenvalue weighted by atomic mass is 10.1. The number of carbonyl (C=O) groups is 1. The van der Waals surface area contributed by atoms with E-state index in [0.29, 0.717) is 0 Å². The summed E-state index contributed by atoms with van der Waals surface area (Å²) in [7, 11) is 0. The van der Waals surface area contributed by atoms with Gasteiger partial charge in [-0.1, -0.05) is 31.0 Å². The quantitative estimate of drug-likeness (QED) is 0.737. The van der Waals surface area contributed by atoms with Crippen molar-refractivity contribution < 1.29 is 4.79 Å². The Morgan fingerprint density at radius 3 is 2.79 bits per heavy atom. The summed E-state index contributed by atoms with van der Waals surface area (Å²) >= 11 is 0. The molecule has 4 rings (SSSR count). The fourth-order valence-corrected chi connectivity index (χ4v) is 3.47. The van der Waals surface area contributed by atoms with Crippen LogP contribution in [0.2, 0.25) is 0 Å². The van der Waals surface area contributed by atoms with E-state index in [1.54, 1.807) is 0 Å². The van der Waals surface area contributed by atoms with Gasteiger partial charge in [0.25, 0.3) is 0 Å². The van der Waals surface area contributed by atoms with Crippen LogP contribution in [0.25, 0.3) is 22.4 Å². The molecule has 24 heavy (non-hydrogen) atoms. The highest BCUT2D eigenvalue weighted by Gasteiger charge is 2.23. The lowest BCUT2D eigenvalue weighted by molar-refractivity contribution is -0.119. The maximum atomic E-state index is 12.5. The number of aromatic amines is 1. The molecule has 0 unspecified atom stereocenters. The van der Waals surface area contributed by atoms with Crippen LogP contribution in [-0.2, 0) is 4.79 Å². The smallest absolute Gasteiger partial charge is 0.227 e. The number of H-pyrrole nitrogens is 1. The predicted octanol–water partition coefficient (Wildman–Crippen LogP) is 4.67. The molecule has 0 aliphatic heterocycles. The summed E-state index contributed by atoms with van der Waals surface area (Å²) in [5.74, 6) is 1.07. The molecule has 1 aliphatic rings. The first kappa shape index (κ1) is 14.9. The van der Waals surface area contributed by atoms with E-state index in [-0.39, 0.29) is 11.8 Å². The molecular formula is C20H21N3O. The Labute approximate surface area is 141 Å². The van der Waals surface area contributed by atoms with Crippen molar-refractivity contribution in [3.8, 4) is 11.4 Å². The van der Waals surface area contributed by atoms with Gasteiger partial charge < -0.3 is 10.3 Å². The van der Waals surface area contributed by atoms with Crippen LogP contribution in [0.4, 0.5) is 5.69 Å². The number of anilines is 1. The highest BCUT2D eigenvalue weighted by molar-refractivity contribution is 5.96. The third kappa shape index (κ3) is 2.80. The van der Waals surface area contributed by atoms with Crippen molar-refractivity contribution in [2.45, 2.75) is 32.6 Å². The molecule has 4 nitrogen and oxygen atoms in total. The minimum atomic E-state index is 0.131. The topological polar surface area (TPSA) is 57.8 Å². The van der Waals surface area contributed by atoms with E-state index in [9.17, 15) is 4.79 Å². The first-order valence-corrected chi connectivity index (χ1v) is 8.57. The van der Waals surface area contributed by atoms with E-state index in [4.69, 9.17) is 0 Å². The Balaban J connectivity index is 1.68. The summed E-state index contributed by atoms with van der Waals surface area (Å²) in [5.41, 5.74) is 4.90. The van der Waals surface area contributed by atoms with E-state index < -0.39 is 0 Å². The number of hydrogen-bond donors (Lipinski definition) is 2. The number of nitrogens with zero attached hydrogens (tertiary/aromatic N) is 1. The number of rotatable bonds is 3. The number of para-hydroxylation sites is 1. The zero-order chi connectivity index (χ0) is 16.5. The second kappa shape index (κ2) is 6.11. The fourth-order valence-electron chi connectivity index (χ4n) is 3.47. The number of aryl methyl sites for hydroxylation is 1. The zero-order valence-corrected chi connectivity index (χ0v) is 13.8. The van der Waals surface area contributed by atoms with Gasteiger partial charge >= 0.3 is 0 Å². The number of nitrogens with one attached hydrogen (secondary N) is 2. The van der Waals surface area contributed by atoms with Gasteiger partial charge in [0.05, 0.1) is 16.7 Å². The van der Waals surface area contributed by atoms with Crippen LogP contribution in [0.5, 0.6) is 0 Å². The first-order chi connectivity index (χ1) is 11.7. The molecular weight excluding hydrogens is 298 g/mol. The Hall–Kier alpha value is -2.62. The molecule has 4 heteroatoms. The summed E-state index contributed by atoms with van der Waals surface area (Å²) < 4.78 is 0. The monoisotopic (exact) mass is 319 g/mol. The lowest BCUT2D eigenvalue weighted by Crippen LogP contribution is -2.20. The number of carbonyl (C=O) groups excluding carboxylic acids is 1. The van der Waals surface area contributed by atoms with Gasteiger partial charge in [-0.15, -0.1) is 0 Å². The van der Waals surface area contributed by atoms with Gasteiger partial charge in [-0.2, -0.15) is 0 Å². The lowest BCUT2D eigenvalue weighted by Gasteiger charge is -2.13. The predicted molar refractivity (Wildman–Crippen MR) is 96.9 cm³/mol. The molecule has 1 amide bonds. The second-order valence-corrected chi connectivity index (χ2v) is 6.62. The number of amides is 1. The van der Waals surface area contributed by atoms with Crippen LogP contribution in [-0.4, -0.2) is 15.9 Å². The Bertz CT molecular complexity index is 891. The number of aromatic nitrogens is 2. The summed E-state index contributed by atoms with van der Waals surface area (Å²) in [6, 6.07) is 14.0. The third-order valence-electron chi connectivity index (χ3n) is 4.80. The minimum Gasteiger partial charge on any atom is -0.338 e. The van der Waals surface area contributed by atoms with Gasteiger partial charge in [0, 0.05) is 11.5 Å². The maximum Gasteiger partial charge on any atom is 0.227 e. The van der Waals surface area contributed by atoms with Crippen LogP contribution in [0, 0.1) is 12.8 Å². The van der Waals surface area contributed by atoms with Crippen LogP contribution < -0.4 is 5.32 Å². The van der Waals surface area contributed by atoms with E-state index in [1.807, 2.05) is 30.3 Å². The van der Waals surface area contributed by atoms with Gasteiger partial charge in [-0.25, -0.2) is 4.98 Å². The summed E-state index contributed by atoms with van der Waals surface area (Å²) in [6.45, 7) is 2.07. The molecule has 1 aliphatic carbocycles. The standard InChI is InChI=1S/C20H21N3O/c1-13-10-11-17-18(12-13)22-19(21-17)15-8-4-5-9-16(15)23-20(24)14-6-2-3-7-14/h4-5,8-12,14H,2-3,6-7H2,1H3,(H,21,22)(H,23,24). The first-order valence-electron chi connectivity index (χ1n) is 8.57. The molecule has 0 radical (unpaired) electrons. The van der Waals surface area contributed by atoms with Gasteiger partial charge in [0.2, 0.25) is 5.91 Å². The van der Waals surface area contributed by atoms with Gasteiger partial charge in [0.15, 0.2) is 0 Å². The van der Waals surface area contributed by atoms with E-state index in [0.717, 1.165) is 53.8 Å². The molecule has 122 valence electrons. The molecule has 1 aromatic heterocycles. The van der Waals surface area contributed by atoms with Crippen molar-refractivity contribution >= 4 is 22.6 Å². The second-order valence-electron chi connectivity index (χ2n) is 6.62. The van der Waals surface area contributed by atoms with E-state index in [1.165, 1.54) is 5.56 Å². The van der Waals surface area contributed by atoms with Crippen molar-refractivity contribution in [1.82, 2.24) is 9.97 Å². The van der Waals surface area contributed by atoms with Crippen LogP contribution >= 0.6 is 0 Å². The highest BCUT2D eigenvalue weighted by Crippen LogP contribution is 2.30. The van der Waals surface area contributed by atoms with Crippen molar-refractivity contribution in [2.24, 2.45) is 5.92 Å². The number of hydrogen-bond acceptors (Lipinski definition) is 2. The minimum absolute atomic E-state index is 0.131. The average molecular weight is 319 g/mol. The van der Waals surface area contributed by atoms with Crippen molar-refractivity contribution in [3.05, 3.63) is 48.0 Å². The molecule has 2 N–H and O–H groups in total. The largest absolute Gasteiger partial charge is 0.338 e.